The summed E-state index contributed by atoms with van der Waals surface area (Å²) in [5, 5.41) is 19.4. The Balaban J connectivity index is 2.78. The number of amides is 1. The van der Waals surface area contributed by atoms with Crippen molar-refractivity contribution in [3.05, 3.63) is 29.0 Å². The van der Waals surface area contributed by atoms with Crippen LogP contribution in [-0.2, 0) is 9.59 Å². The number of nitrogens with zero attached hydrogens (tertiary/aromatic N) is 1. The minimum Gasteiger partial charge on any atom is -0.481 e. The fourth-order valence-corrected chi connectivity index (χ4v) is 1.33. The number of rotatable bonds is 5. The van der Waals surface area contributed by atoms with E-state index in [0.29, 0.717) is 0 Å². The maximum absolute atomic E-state index is 11.6. The summed E-state index contributed by atoms with van der Waals surface area (Å²) in [4.78, 5) is 36.5. The number of hydrogen-bond donors (Lipinski definition) is 3. The first-order valence-corrected chi connectivity index (χ1v) is 5.15. The van der Waals surface area contributed by atoms with Crippen molar-refractivity contribution in [1.82, 2.24) is 10.3 Å². The van der Waals surface area contributed by atoms with Gasteiger partial charge in [-0.1, -0.05) is 11.6 Å². The Morgan fingerprint density at radius 1 is 1.39 bits per heavy atom. The lowest BCUT2D eigenvalue weighted by molar-refractivity contribution is -0.145. The number of aliphatic carboxylic acids is 2. The fraction of sp³-hybridized carbons (Fsp3) is 0.200. The predicted octanol–water partition coefficient (Wildman–Crippen LogP) is 0.393. The normalized spacial score (nSPS) is 11.6. The van der Waals surface area contributed by atoms with Crippen LogP contribution in [0.5, 0.6) is 0 Å². The molecule has 18 heavy (non-hydrogen) atoms. The molecule has 1 heterocycles. The number of hydrogen-bond acceptors (Lipinski definition) is 4. The second-order valence-electron chi connectivity index (χ2n) is 3.33. The average molecular weight is 273 g/mol. The highest BCUT2D eigenvalue weighted by Crippen LogP contribution is 2.07. The molecule has 1 aromatic rings. The van der Waals surface area contributed by atoms with Crippen LogP contribution in [0.1, 0.15) is 16.8 Å². The Labute approximate surface area is 106 Å². The zero-order chi connectivity index (χ0) is 13.7. The fourth-order valence-electron chi connectivity index (χ4n) is 1.16. The lowest BCUT2D eigenvalue weighted by atomic mass is 10.2. The lowest BCUT2D eigenvalue weighted by Gasteiger charge is -2.12. The summed E-state index contributed by atoms with van der Waals surface area (Å²) in [7, 11) is 0. The van der Waals surface area contributed by atoms with E-state index in [2.05, 4.69) is 10.3 Å². The summed E-state index contributed by atoms with van der Waals surface area (Å²) < 4.78 is 0. The van der Waals surface area contributed by atoms with Crippen molar-refractivity contribution in [1.29, 1.82) is 0 Å². The van der Waals surface area contributed by atoms with E-state index < -0.39 is 30.3 Å². The number of carboxylic acid groups (broad SMARTS) is 2. The van der Waals surface area contributed by atoms with E-state index >= 15 is 0 Å². The Morgan fingerprint density at radius 2 is 2.06 bits per heavy atom. The van der Waals surface area contributed by atoms with Crippen LogP contribution < -0.4 is 5.32 Å². The Morgan fingerprint density at radius 3 is 2.56 bits per heavy atom. The van der Waals surface area contributed by atoms with Crippen molar-refractivity contribution >= 4 is 29.4 Å². The summed E-state index contributed by atoms with van der Waals surface area (Å²) in [6, 6.07) is 1.08. The SMILES string of the molecule is O=C(O)C[C@H](NC(=O)c1ccnc(Cl)c1)C(=O)O. The van der Waals surface area contributed by atoms with Crippen molar-refractivity contribution in [2.75, 3.05) is 0 Å². The van der Waals surface area contributed by atoms with Crippen LogP contribution in [0, 0.1) is 0 Å². The number of carbonyl (C=O) groups is 3. The minimum absolute atomic E-state index is 0.0766. The molecule has 3 N–H and O–H groups in total. The molecule has 0 saturated heterocycles. The number of nitrogens with one attached hydrogen (secondary N) is 1. The van der Waals surface area contributed by atoms with Crippen LogP contribution in [0.25, 0.3) is 0 Å². The van der Waals surface area contributed by atoms with Gasteiger partial charge in [-0.05, 0) is 12.1 Å². The molecular weight excluding hydrogens is 264 g/mol. The van der Waals surface area contributed by atoms with Gasteiger partial charge in [-0.3, -0.25) is 9.59 Å². The largest absolute Gasteiger partial charge is 0.481 e. The number of halogens is 1. The molecule has 7 nitrogen and oxygen atoms in total. The molecule has 0 bridgehead atoms. The van der Waals surface area contributed by atoms with E-state index in [1.54, 1.807) is 0 Å². The molecule has 1 rings (SSSR count). The zero-order valence-electron chi connectivity index (χ0n) is 8.96. The smallest absolute Gasteiger partial charge is 0.326 e. The molecule has 0 unspecified atom stereocenters. The molecule has 0 aromatic carbocycles. The van der Waals surface area contributed by atoms with Crippen LogP contribution in [0.4, 0.5) is 0 Å². The zero-order valence-corrected chi connectivity index (χ0v) is 9.72. The maximum atomic E-state index is 11.6. The van der Waals surface area contributed by atoms with Gasteiger partial charge in [-0.2, -0.15) is 0 Å². The highest BCUT2D eigenvalue weighted by molar-refractivity contribution is 6.29. The van der Waals surface area contributed by atoms with Crippen LogP contribution >= 0.6 is 11.6 Å². The van der Waals surface area contributed by atoms with Crippen LogP contribution in [0.3, 0.4) is 0 Å². The van der Waals surface area contributed by atoms with Crippen molar-refractivity contribution in [3.63, 3.8) is 0 Å². The first kappa shape index (κ1) is 13.9. The van der Waals surface area contributed by atoms with Crippen LogP contribution in [0.2, 0.25) is 5.15 Å². The highest BCUT2D eigenvalue weighted by atomic mass is 35.5. The predicted molar refractivity (Wildman–Crippen MR) is 60.4 cm³/mol. The van der Waals surface area contributed by atoms with Gasteiger partial charge in [0.2, 0.25) is 0 Å². The van der Waals surface area contributed by atoms with Gasteiger partial charge in [0, 0.05) is 11.8 Å². The number of pyridine rings is 1. The number of aromatic nitrogens is 1. The Kier molecular flexibility index (Phi) is 4.61. The summed E-state index contributed by atoms with van der Waals surface area (Å²) in [6.07, 6.45) is 0.574. The van der Waals surface area contributed by atoms with Gasteiger partial charge in [-0.15, -0.1) is 0 Å². The van der Waals surface area contributed by atoms with Crippen molar-refractivity contribution in [3.8, 4) is 0 Å². The topological polar surface area (TPSA) is 117 Å². The summed E-state index contributed by atoms with van der Waals surface area (Å²) >= 11 is 5.57. The van der Waals surface area contributed by atoms with Gasteiger partial charge in [0.1, 0.15) is 11.2 Å². The third-order valence-corrected chi connectivity index (χ3v) is 2.18. The lowest BCUT2D eigenvalue weighted by Crippen LogP contribution is -2.42. The third kappa shape index (κ3) is 4.02. The second-order valence-corrected chi connectivity index (χ2v) is 3.72. The van der Waals surface area contributed by atoms with Crippen LogP contribution in [0.15, 0.2) is 18.3 Å². The van der Waals surface area contributed by atoms with Gasteiger partial charge >= 0.3 is 11.9 Å². The Bertz CT molecular complexity index is 491. The molecule has 0 saturated carbocycles. The molecule has 0 spiro atoms. The minimum atomic E-state index is -1.50. The van der Waals surface area contributed by atoms with Gasteiger partial charge in [0.25, 0.3) is 5.91 Å². The molecule has 0 fully saturated rings. The number of carbonyl (C=O) groups excluding carboxylic acids is 1. The summed E-state index contributed by atoms with van der Waals surface area (Å²) in [6.45, 7) is 0. The van der Waals surface area contributed by atoms with Crippen molar-refractivity contribution in [2.45, 2.75) is 12.5 Å². The molecule has 0 aliphatic heterocycles. The Hall–Kier alpha value is -2.15. The van der Waals surface area contributed by atoms with Crippen molar-refractivity contribution in [2.24, 2.45) is 0 Å². The molecule has 0 radical (unpaired) electrons. The van der Waals surface area contributed by atoms with Gasteiger partial charge in [0.05, 0.1) is 6.42 Å². The van der Waals surface area contributed by atoms with E-state index in [1.165, 1.54) is 18.3 Å². The maximum Gasteiger partial charge on any atom is 0.326 e. The standard InChI is InChI=1S/C10H9ClN2O5/c11-7-3-5(1-2-12-7)9(16)13-6(10(17)18)4-8(14)15/h1-3,6H,4H2,(H,13,16)(H,14,15)(H,17,18)/t6-/m0/s1. The molecule has 0 aliphatic rings. The molecule has 1 aromatic heterocycles. The van der Waals surface area contributed by atoms with E-state index in [0.717, 1.165) is 0 Å². The molecule has 8 heteroatoms. The third-order valence-electron chi connectivity index (χ3n) is 1.97. The summed E-state index contributed by atoms with van der Waals surface area (Å²) in [5.41, 5.74) is 0.103. The molecule has 1 amide bonds. The van der Waals surface area contributed by atoms with E-state index in [9.17, 15) is 14.4 Å². The molecule has 0 aliphatic carbocycles. The van der Waals surface area contributed by atoms with E-state index in [-0.39, 0.29) is 10.7 Å². The van der Waals surface area contributed by atoms with Gasteiger partial charge < -0.3 is 15.5 Å². The summed E-state index contributed by atoms with van der Waals surface area (Å²) in [5.74, 6) is -3.48. The second kappa shape index (κ2) is 5.97. The molecular formula is C10H9ClN2O5. The quantitative estimate of drug-likeness (QED) is 0.668. The monoisotopic (exact) mass is 272 g/mol. The molecule has 96 valence electrons. The number of carboxylic acids is 2. The first-order chi connectivity index (χ1) is 8.40. The van der Waals surface area contributed by atoms with Gasteiger partial charge in [-0.25, -0.2) is 9.78 Å². The van der Waals surface area contributed by atoms with E-state index in [1.807, 2.05) is 0 Å². The van der Waals surface area contributed by atoms with Crippen LogP contribution in [-0.4, -0.2) is 39.1 Å². The van der Waals surface area contributed by atoms with Gasteiger partial charge in [0.15, 0.2) is 0 Å². The average Bonchev–Trinajstić information content (AvgIpc) is 2.27. The van der Waals surface area contributed by atoms with E-state index in [4.69, 9.17) is 21.8 Å². The first-order valence-electron chi connectivity index (χ1n) is 4.77. The van der Waals surface area contributed by atoms with Crippen molar-refractivity contribution < 1.29 is 24.6 Å². The molecule has 1 atom stereocenters. The highest BCUT2D eigenvalue weighted by Gasteiger charge is 2.23.